The molecule has 1 aromatic heterocycles. The van der Waals surface area contributed by atoms with Gasteiger partial charge in [0.15, 0.2) is 11.5 Å². The molecule has 0 fully saturated rings. The van der Waals surface area contributed by atoms with Crippen LogP contribution >= 0.6 is 0 Å². The second-order valence-electron chi connectivity index (χ2n) is 4.85. The number of phenolic OH excluding ortho intramolecular Hbond substituents is 1. The van der Waals surface area contributed by atoms with E-state index in [1.165, 1.54) is 20.2 Å². The van der Waals surface area contributed by atoms with Crippen molar-refractivity contribution < 1.29 is 14.6 Å². The maximum absolute atomic E-state index is 11.9. The van der Waals surface area contributed by atoms with Gasteiger partial charge in [0, 0.05) is 5.56 Å². The molecule has 25 heavy (non-hydrogen) atoms. The zero-order valence-electron chi connectivity index (χ0n) is 13.4. The average Bonchev–Trinajstić information content (AvgIpc) is 2.58. The Bertz CT molecular complexity index is 903. The van der Waals surface area contributed by atoms with Crippen LogP contribution in [-0.2, 0) is 4.79 Å². The van der Waals surface area contributed by atoms with Crippen LogP contribution in [0, 0.1) is 0 Å². The van der Waals surface area contributed by atoms with Crippen LogP contribution in [0.25, 0.3) is 0 Å². The number of rotatable bonds is 6. The molecule has 0 spiro atoms. The van der Waals surface area contributed by atoms with Gasteiger partial charge in [-0.3, -0.25) is 14.6 Å². The first-order valence-corrected chi connectivity index (χ1v) is 7.06. The van der Waals surface area contributed by atoms with Crippen molar-refractivity contribution in [1.82, 2.24) is 20.6 Å². The number of carbonyl (C=O) groups is 1. The van der Waals surface area contributed by atoms with Crippen LogP contribution in [0.5, 0.6) is 11.5 Å². The number of amides is 1. The molecule has 11 heteroatoms. The number of nitrogens with one attached hydrogen (secondary N) is 4. The van der Waals surface area contributed by atoms with Crippen molar-refractivity contribution in [1.29, 1.82) is 0 Å². The number of H-pyrrole nitrogens is 2. The van der Waals surface area contributed by atoms with Crippen molar-refractivity contribution in [2.75, 3.05) is 12.4 Å². The molecule has 1 atom stereocenters. The first-order valence-electron chi connectivity index (χ1n) is 7.06. The number of para-hydroxylation sites is 1. The van der Waals surface area contributed by atoms with Gasteiger partial charge in [0.25, 0.3) is 11.5 Å². The lowest BCUT2D eigenvalue weighted by Crippen LogP contribution is -2.38. The van der Waals surface area contributed by atoms with Gasteiger partial charge in [0.05, 0.1) is 13.3 Å². The zero-order chi connectivity index (χ0) is 18.4. The number of ether oxygens (including phenoxy) is 1. The minimum absolute atomic E-state index is 0.113. The Kier molecular flexibility index (Phi) is 5.50. The molecule has 0 saturated carbocycles. The Morgan fingerprint density at radius 1 is 1.44 bits per heavy atom. The summed E-state index contributed by atoms with van der Waals surface area (Å²) in [5.74, 6) is -0.616. The van der Waals surface area contributed by atoms with Crippen molar-refractivity contribution >= 4 is 17.9 Å². The molecular formula is C14H16N6O5. The molecule has 0 saturated heterocycles. The number of hydrogen-bond acceptors (Lipinski definition) is 8. The maximum Gasteiger partial charge on any atom is 0.342 e. The zero-order valence-corrected chi connectivity index (χ0v) is 13.4. The highest BCUT2D eigenvalue weighted by molar-refractivity contribution is 5.88. The second kappa shape index (κ2) is 7.77. The summed E-state index contributed by atoms with van der Waals surface area (Å²) in [5.41, 5.74) is 1.09. The Labute approximate surface area is 140 Å². The fourth-order valence-corrected chi connectivity index (χ4v) is 1.79. The number of aromatic amines is 2. The number of benzene rings is 1. The van der Waals surface area contributed by atoms with Crippen molar-refractivity contribution in [2.24, 2.45) is 5.10 Å². The third kappa shape index (κ3) is 4.43. The Morgan fingerprint density at radius 2 is 2.20 bits per heavy atom. The highest BCUT2D eigenvalue weighted by Crippen LogP contribution is 2.27. The lowest BCUT2D eigenvalue weighted by Gasteiger charge is -2.11. The highest BCUT2D eigenvalue weighted by atomic mass is 16.5. The fourth-order valence-electron chi connectivity index (χ4n) is 1.79. The van der Waals surface area contributed by atoms with Crippen LogP contribution < -0.4 is 26.7 Å². The molecule has 1 amide bonds. The number of aromatic hydroxyl groups is 1. The number of hydrazone groups is 1. The number of hydrogen-bond donors (Lipinski definition) is 5. The summed E-state index contributed by atoms with van der Waals surface area (Å²) < 4.78 is 4.96. The number of aromatic nitrogens is 3. The third-order valence-electron chi connectivity index (χ3n) is 3.09. The van der Waals surface area contributed by atoms with E-state index in [2.05, 4.69) is 20.9 Å². The summed E-state index contributed by atoms with van der Waals surface area (Å²) in [6, 6.07) is 3.95. The van der Waals surface area contributed by atoms with E-state index in [0.717, 1.165) is 0 Å². The molecule has 1 heterocycles. The van der Waals surface area contributed by atoms with Crippen LogP contribution in [0.3, 0.4) is 0 Å². The van der Waals surface area contributed by atoms with E-state index in [4.69, 9.17) is 4.74 Å². The summed E-state index contributed by atoms with van der Waals surface area (Å²) in [4.78, 5) is 36.3. The van der Waals surface area contributed by atoms with Gasteiger partial charge in [-0.05, 0) is 19.1 Å². The number of carbonyl (C=O) groups excluding carboxylic acids is 1. The molecule has 2 rings (SSSR count). The molecule has 5 N–H and O–H groups in total. The molecule has 0 aliphatic heterocycles. The first-order chi connectivity index (χ1) is 11.9. The van der Waals surface area contributed by atoms with E-state index < -0.39 is 23.2 Å². The summed E-state index contributed by atoms with van der Waals surface area (Å²) in [5, 5.41) is 21.7. The largest absolute Gasteiger partial charge is 0.504 e. The SMILES string of the molecule is COc1cccc(/C=N\NC(=O)[C@H](C)Nc2n[nH]c(=O)[nH]c2=O)c1O. The van der Waals surface area contributed by atoms with Gasteiger partial charge in [-0.25, -0.2) is 15.3 Å². The lowest BCUT2D eigenvalue weighted by atomic mass is 10.2. The Balaban J connectivity index is 1.99. The second-order valence-corrected chi connectivity index (χ2v) is 4.85. The van der Waals surface area contributed by atoms with Gasteiger partial charge in [0.1, 0.15) is 6.04 Å². The van der Waals surface area contributed by atoms with E-state index in [1.54, 1.807) is 18.2 Å². The quantitative estimate of drug-likeness (QED) is 0.334. The molecule has 0 unspecified atom stereocenters. The van der Waals surface area contributed by atoms with E-state index in [1.807, 2.05) is 10.1 Å². The highest BCUT2D eigenvalue weighted by Gasteiger charge is 2.14. The van der Waals surface area contributed by atoms with Crippen LogP contribution in [0.15, 0.2) is 32.9 Å². The van der Waals surface area contributed by atoms with Crippen LogP contribution in [0.4, 0.5) is 5.82 Å². The monoisotopic (exact) mass is 348 g/mol. The van der Waals surface area contributed by atoms with Crippen LogP contribution in [0.2, 0.25) is 0 Å². The molecule has 0 radical (unpaired) electrons. The molecule has 11 nitrogen and oxygen atoms in total. The molecule has 132 valence electrons. The maximum atomic E-state index is 11.9. The molecular weight excluding hydrogens is 332 g/mol. The van der Waals surface area contributed by atoms with Crippen molar-refractivity contribution in [3.8, 4) is 11.5 Å². The number of phenols is 1. The first kappa shape index (κ1) is 17.7. The van der Waals surface area contributed by atoms with E-state index in [9.17, 15) is 19.5 Å². The smallest absolute Gasteiger partial charge is 0.342 e. The summed E-state index contributed by atoms with van der Waals surface area (Å²) in [6.07, 6.45) is 1.24. The normalized spacial score (nSPS) is 11.9. The van der Waals surface area contributed by atoms with Gasteiger partial charge >= 0.3 is 5.69 Å². The van der Waals surface area contributed by atoms with Crippen LogP contribution in [0.1, 0.15) is 12.5 Å². The number of anilines is 1. The minimum atomic E-state index is -0.865. The summed E-state index contributed by atoms with van der Waals surface area (Å²) in [7, 11) is 1.41. The molecule has 1 aromatic carbocycles. The average molecular weight is 348 g/mol. The lowest BCUT2D eigenvalue weighted by molar-refractivity contribution is -0.121. The van der Waals surface area contributed by atoms with Gasteiger partial charge in [-0.15, -0.1) is 5.10 Å². The topological polar surface area (TPSA) is 162 Å². The van der Waals surface area contributed by atoms with Crippen molar-refractivity contribution in [2.45, 2.75) is 13.0 Å². The fraction of sp³-hybridized carbons (Fsp3) is 0.214. The van der Waals surface area contributed by atoms with Gasteiger partial charge in [0.2, 0.25) is 5.82 Å². The standard InChI is InChI=1S/C14H16N6O5/c1-7(16-11-13(23)17-14(24)20-18-11)12(22)19-15-6-8-4-3-5-9(25-2)10(8)21/h3-7,21H,1-2H3,(H,16,18)(H,19,22)(H2,17,20,23,24)/b15-6-/t7-/m0/s1. The van der Waals surface area contributed by atoms with Gasteiger partial charge in [-0.2, -0.15) is 5.10 Å². The van der Waals surface area contributed by atoms with E-state index >= 15 is 0 Å². The van der Waals surface area contributed by atoms with Gasteiger partial charge < -0.3 is 15.2 Å². The van der Waals surface area contributed by atoms with Crippen molar-refractivity contribution in [3.05, 3.63) is 44.6 Å². The van der Waals surface area contributed by atoms with Crippen molar-refractivity contribution in [3.63, 3.8) is 0 Å². The molecule has 0 aliphatic carbocycles. The van der Waals surface area contributed by atoms with Crippen LogP contribution in [-0.4, -0.2) is 45.6 Å². The number of methoxy groups -OCH3 is 1. The molecule has 2 aromatic rings. The van der Waals surface area contributed by atoms with Gasteiger partial charge in [-0.1, -0.05) is 6.07 Å². The summed E-state index contributed by atoms with van der Waals surface area (Å²) in [6.45, 7) is 1.47. The Hall–Kier alpha value is -3.63. The summed E-state index contributed by atoms with van der Waals surface area (Å²) >= 11 is 0. The van der Waals surface area contributed by atoms with E-state index in [-0.39, 0.29) is 17.3 Å². The predicted molar refractivity (Wildman–Crippen MR) is 89.0 cm³/mol. The number of nitrogens with zero attached hydrogens (tertiary/aromatic N) is 2. The molecule has 0 aliphatic rings. The van der Waals surface area contributed by atoms with E-state index in [0.29, 0.717) is 5.56 Å². The molecule has 0 bridgehead atoms. The minimum Gasteiger partial charge on any atom is -0.504 e. The third-order valence-corrected chi connectivity index (χ3v) is 3.09. The Morgan fingerprint density at radius 3 is 2.88 bits per heavy atom. The predicted octanol–water partition coefficient (Wildman–Crippen LogP) is -0.877.